The molecule has 1 spiro atoms. The fourth-order valence-electron chi connectivity index (χ4n) is 4.46. The van der Waals surface area contributed by atoms with Gasteiger partial charge in [-0.15, -0.1) is 0 Å². The maximum Gasteiger partial charge on any atom is 0.490 e. The van der Waals surface area contributed by atoms with Gasteiger partial charge in [0.25, 0.3) is 5.91 Å². The normalized spacial score (nSPS) is 18.8. The monoisotopic (exact) mass is 620 g/mol. The van der Waals surface area contributed by atoms with Gasteiger partial charge in [0.2, 0.25) is 5.91 Å². The lowest BCUT2D eigenvalue weighted by molar-refractivity contribution is -0.193. The van der Waals surface area contributed by atoms with Crippen LogP contribution in [0.3, 0.4) is 0 Å². The molecule has 2 aromatic rings. The molecule has 2 aliphatic rings. The number of piperazine rings is 1. The quantitative estimate of drug-likeness (QED) is 0.493. The van der Waals surface area contributed by atoms with Crippen molar-refractivity contribution < 1.29 is 55.7 Å². The molecule has 0 saturated carbocycles. The Labute approximate surface area is 242 Å². The zero-order chi connectivity index (χ0) is 32.6. The molecule has 1 atom stereocenters. The van der Waals surface area contributed by atoms with Crippen LogP contribution >= 0.6 is 0 Å². The highest BCUT2D eigenvalue weighted by molar-refractivity contribution is 5.96. The minimum atomic E-state index is -5.08. The Morgan fingerprint density at radius 1 is 0.953 bits per heavy atom. The highest BCUT2D eigenvalue weighted by Crippen LogP contribution is 2.34. The second kappa shape index (κ2) is 14.3. The van der Waals surface area contributed by atoms with Crippen LogP contribution in [0, 0.1) is 0 Å². The third-order valence-corrected chi connectivity index (χ3v) is 6.74. The summed E-state index contributed by atoms with van der Waals surface area (Å²) in [7, 11) is 1.99. The molecular weight excluding hydrogens is 590 g/mol. The molecule has 16 heteroatoms. The SMILES string of the molecule is CCCc1ccc(C(=O)N2CCC3(C2)CN(c2cccnc2)C(=O)CN3C)cc1.O=C(O)C(F)(F)F.O=C(O)C(F)(F)F. The Bertz CT molecular complexity index is 1250. The first-order chi connectivity index (χ1) is 19.9. The molecule has 236 valence electrons. The summed E-state index contributed by atoms with van der Waals surface area (Å²) in [6.07, 6.45) is -3.74. The Hall–Kier alpha value is -4.21. The lowest BCUT2D eigenvalue weighted by Crippen LogP contribution is -2.64. The number of carboxylic acids is 2. The average Bonchev–Trinajstić information content (AvgIpc) is 3.36. The van der Waals surface area contributed by atoms with E-state index in [0.717, 1.165) is 30.5 Å². The molecular formula is C27H30F6N4O6. The van der Waals surface area contributed by atoms with E-state index in [1.807, 2.05) is 41.1 Å². The highest BCUT2D eigenvalue weighted by Gasteiger charge is 2.48. The number of hydrogen-bond donors (Lipinski definition) is 2. The number of anilines is 1. The number of aromatic nitrogens is 1. The van der Waals surface area contributed by atoms with Gasteiger partial charge < -0.3 is 20.0 Å². The lowest BCUT2D eigenvalue weighted by Gasteiger charge is -2.46. The number of aliphatic carboxylic acids is 2. The summed E-state index contributed by atoms with van der Waals surface area (Å²) in [6, 6.07) is 11.7. The zero-order valence-electron chi connectivity index (χ0n) is 23.2. The number of carboxylic acid groups (broad SMARTS) is 2. The van der Waals surface area contributed by atoms with Crippen LogP contribution in [0.2, 0.25) is 0 Å². The molecule has 10 nitrogen and oxygen atoms in total. The third-order valence-electron chi connectivity index (χ3n) is 6.74. The van der Waals surface area contributed by atoms with Crippen molar-refractivity contribution in [2.75, 3.05) is 38.1 Å². The molecule has 2 N–H and O–H groups in total. The van der Waals surface area contributed by atoms with E-state index in [2.05, 4.69) is 28.9 Å². The number of carbonyl (C=O) groups excluding carboxylic acids is 2. The maximum atomic E-state index is 13.1. The number of benzene rings is 1. The van der Waals surface area contributed by atoms with Crippen molar-refractivity contribution in [2.45, 2.75) is 44.1 Å². The van der Waals surface area contributed by atoms with Crippen LogP contribution in [0.15, 0.2) is 48.8 Å². The fourth-order valence-corrected chi connectivity index (χ4v) is 4.46. The predicted molar refractivity (Wildman–Crippen MR) is 140 cm³/mol. The van der Waals surface area contributed by atoms with E-state index < -0.39 is 24.3 Å². The second-order valence-electron chi connectivity index (χ2n) is 9.80. The van der Waals surface area contributed by atoms with Crippen LogP contribution in [-0.2, 0) is 20.8 Å². The van der Waals surface area contributed by atoms with Crippen molar-refractivity contribution in [3.8, 4) is 0 Å². The summed E-state index contributed by atoms with van der Waals surface area (Å²) in [5.74, 6) is -5.37. The third kappa shape index (κ3) is 9.66. The number of hydrogen-bond acceptors (Lipinski definition) is 6. The summed E-state index contributed by atoms with van der Waals surface area (Å²) < 4.78 is 63.5. The van der Waals surface area contributed by atoms with E-state index in [4.69, 9.17) is 19.8 Å². The number of likely N-dealkylation sites (tertiary alicyclic amines) is 1. The summed E-state index contributed by atoms with van der Waals surface area (Å²) in [5, 5.41) is 14.2. The van der Waals surface area contributed by atoms with Gasteiger partial charge >= 0.3 is 24.3 Å². The van der Waals surface area contributed by atoms with Crippen molar-refractivity contribution in [3.05, 3.63) is 59.9 Å². The van der Waals surface area contributed by atoms with Gasteiger partial charge in [0.05, 0.1) is 24.0 Å². The molecule has 43 heavy (non-hydrogen) atoms. The van der Waals surface area contributed by atoms with Crippen molar-refractivity contribution in [1.29, 1.82) is 0 Å². The minimum Gasteiger partial charge on any atom is -0.475 e. The van der Waals surface area contributed by atoms with Gasteiger partial charge in [-0.2, -0.15) is 26.3 Å². The van der Waals surface area contributed by atoms with E-state index in [1.165, 1.54) is 5.56 Å². The molecule has 2 saturated heterocycles. The summed E-state index contributed by atoms with van der Waals surface area (Å²) in [5.41, 5.74) is 2.60. The number of pyridine rings is 1. The first kappa shape index (κ1) is 35.0. The topological polar surface area (TPSA) is 131 Å². The molecule has 0 radical (unpaired) electrons. The van der Waals surface area contributed by atoms with Crippen LogP contribution in [0.5, 0.6) is 0 Å². The van der Waals surface area contributed by atoms with E-state index in [-0.39, 0.29) is 17.4 Å². The summed E-state index contributed by atoms with van der Waals surface area (Å²) in [4.78, 5) is 53.6. The Morgan fingerprint density at radius 2 is 1.51 bits per heavy atom. The van der Waals surface area contributed by atoms with Crippen molar-refractivity contribution in [1.82, 2.24) is 14.8 Å². The van der Waals surface area contributed by atoms with Gasteiger partial charge in [-0.3, -0.25) is 19.5 Å². The number of aryl methyl sites for hydroxylation is 1. The zero-order valence-corrected chi connectivity index (χ0v) is 23.2. The number of halogens is 6. The van der Waals surface area contributed by atoms with Crippen LogP contribution in [0.1, 0.15) is 35.7 Å². The second-order valence-corrected chi connectivity index (χ2v) is 9.80. The maximum absolute atomic E-state index is 13.1. The molecule has 0 bridgehead atoms. The first-order valence-electron chi connectivity index (χ1n) is 12.8. The molecule has 3 heterocycles. The average molecular weight is 621 g/mol. The van der Waals surface area contributed by atoms with Crippen LogP contribution in [-0.4, -0.2) is 99.9 Å². The Balaban J connectivity index is 0.000000384. The highest BCUT2D eigenvalue weighted by atomic mass is 19.4. The number of alkyl halides is 6. The van der Waals surface area contributed by atoms with Crippen molar-refractivity contribution in [2.24, 2.45) is 0 Å². The van der Waals surface area contributed by atoms with Crippen LogP contribution < -0.4 is 4.90 Å². The standard InChI is InChI=1S/C23H28N4O2.2C2HF3O2/c1-3-5-18-7-9-19(10-8-18)22(29)26-13-11-23(16-26)17-27(21(28)15-25(23)2)20-6-4-12-24-14-20;2*3-2(4,5)1(6)7/h4,6-10,12,14H,3,5,11,13,15-17H2,1-2H3;2*(H,6,7). The molecule has 0 aliphatic carbocycles. The Morgan fingerprint density at radius 3 is 1.98 bits per heavy atom. The number of likely N-dealkylation sites (N-methyl/N-ethyl adjacent to an activating group) is 1. The van der Waals surface area contributed by atoms with Gasteiger partial charge in [0.15, 0.2) is 0 Å². The van der Waals surface area contributed by atoms with Gasteiger partial charge in [0, 0.05) is 31.4 Å². The predicted octanol–water partition coefficient (Wildman–Crippen LogP) is 3.86. The van der Waals surface area contributed by atoms with Gasteiger partial charge in [-0.05, 0) is 49.7 Å². The minimum absolute atomic E-state index is 0.0717. The lowest BCUT2D eigenvalue weighted by atomic mass is 9.92. The molecule has 2 amide bonds. The fraction of sp³-hybridized carbons (Fsp3) is 0.444. The summed E-state index contributed by atoms with van der Waals surface area (Å²) in [6.45, 7) is 4.41. The molecule has 1 aromatic carbocycles. The van der Waals surface area contributed by atoms with Crippen LogP contribution in [0.4, 0.5) is 32.0 Å². The van der Waals surface area contributed by atoms with Gasteiger partial charge in [-0.25, -0.2) is 9.59 Å². The Kier molecular flexibility index (Phi) is 11.6. The number of carbonyl (C=O) groups is 4. The molecule has 2 fully saturated rings. The summed E-state index contributed by atoms with van der Waals surface area (Å²) >= 11 is 0. The van der Waals surface area contributed by atoms with E-state index >= 15 is 0 Å². The van der Waals surface area contributed by atoms with Gasteiger partial charge in [-0.1, -0.05) is 25.5 Å². The first-order valence-corrected chi connectivity index (χ1v) is 12.8. The number of amides is 2. The van der Waals surface area contributed by atoms with E-state index in [1.54, 1.807) is 12.4 Å². The van der Waals surface area contributed by atoms with Gasteiger partial charge in [0.1, 0.15) is 0 Å². The smallest absolute Gasteiger partial charge is 0.475 e. The molecule has 4 rings (SSSR count). The largest absolute Gasteiger partial charge is 0.490 e. The molecule has 2 aliphatic heterocycles. The van der Waals surface area contributed by atoms with Crippen molar-refractivity contribution in [3.63, 3.8) is 0 Å². The van der Waals surface area contributed by atoms with E-state index in [0.29, 0.717) is 26.2 Å². The van der Waals surface area contributed by atoms with E-state index in [9.17, 15) is 35.9 Å². The molecule has 1 unspecified atom stereocenters. The van der Waals surface area contributed by atoms with Crippen molar-refractivity contribution >= 4 is 29.4 Å². The number of nitrogens with zero attached hydrogens (tertiary/aromatic N) is 4. The van der Waals surface area contributed by atoms with Crippen LogP contribution in [0.25, 0.3) is 0 Å². The number of rotatable bonds is 4. The molecule has 1 aromatic heterocycles.